The Hall–Kier alpha value is -1.86. The number of thioether (sulfide) groups is 1. The van der Waals surface area contributed by atoms with Crippen molar-refractivity contribution in [3.8, 4) is 0 Å². The van der Waals surface area contributed by atoms with Gasteiger partial charge in [0.1, 0.15) is 4.88 Å². The van der Waals surface area contributed by atoms with E-state index in [9.17, 15) is 9.59 Å². The molecule has 5 nitrogen and oxygen atoms in total. The van der Waals surface area contributed by atoms with Crippen molar-refractivity contribution in [1.29, 1.82) is 0 Å². The van der Waals surface area contributed by atoms with Crippen LogP contribution in [0.4, 0.5) is 0 Å². The van der Waals surface area contributed by atoms with Crippen molar-refractivity contribution in [3.63, 3.8) is 0 Å². The molecule has 0 atom stereocenters. The SMILES string of the molecule is CCOC(=O)c1sc(SC)nc1C(=O)NC(C)(C)c1ccccc1. The molecule has 0 aliphatic carbocycles. The van der Waals surface area contributed by atoms with Crippen LogP contribution in [0.5, 0.6) is 0 Å². The van der Waals surface area contributed by atoms with Crippen LogP contribution in [0.3, 0.4) is 0 Å². The van der Waals surface area contributed by atoms with Gasteiger partial charge in [-0.25, -0.2) is 9.78 Å². The van der Waals surface area contributed by atoms with Crippen molar-refractivity contribution < 1.29 is 14.3 Å². The number of nitrogens with zero attached hydrogens (tertiary/aromatic N) is 1. The highest BCUT2D eigenvalue weighted by Crippen LogP contribution is 2.28. The molecular weight excluding hydrogens is 344 g/mol. The predicted octanol–water partition coefficient (Wildman–Crippen LogP) is 3.71. The zero-order valence-corrected chi connectivity index (χ0v) is 15.7. The van der Waals surface area contributed by atoms with Crippen LogP contribution >= 0.6 is 23.1 Å². The number of hydrogen-bond donors (Lipinski definition) is 1. The van der Waals surface area contributed by atoms with E-state index in [0.717, 1.165) is 5.56 Å². The molecule has 0 unspecified atom stereocenters. The smallest absolute Gasteiger partial charge is 0.350 e. The van der Waals surface area contributed by atoms with Crippen molar-refractivity contribution >= 4 is 35.0 Å². The Morgan fingerprint density at radius 1 is 1.29 bits per heavy atom. The van der Waals surface area contributed by atoms with Crippen LogP contribution in [-0.2, 0) is 10.3 Å². The van der Waals surface area contributed by atoms with Gasteiger partial charge >= 0.3 is 5.97 Å². The number of nitrogens with one attached hydrogen (secondary N) is 1. The lowest BCUT2D eigenvalue weighted by atomic mass is 9.94. The fourth-order valence-corrected chi connectivity index (χ4v) is 3.60. The molecule has 0 fully saturated rings. The van der Waals surface area contributed by atoms with Crippen LogP contribution in [0.1, 0.15) is 46.5 Å². The summed E-state index contributed by atoms with van der Waals surface area (Å²) in [4.78, 5) is 29.3. The van der Waals surface area contributed by atoms with E-state index in [-0.39, 0.29) is 23.1 Å². The summed E-state index contributed by atoms with van der Waals surface area (Å²) in [5.74, 6) is -0.901. The molecule has 0 aliphatic rings. The first kappa shape index (κ1) is 18.5. The van der Waals surface area contributed by atoms with Crippen molar-refractivity contribution in [2.75, 3.05) is 12.9 Å². The zero-order chi connectivity index (χ0) is 17.7. The normalized spacial score (nSPS) is 11.2. The van der Waals surface area contributed by atoms with Gasteiger partial charge in [0.25, 0.3) is 5.91 Å². The molecule has 0 saturated heterocycles. The van der Waals surface area contributed by atoms with Gasteiger partial charge in [-0.2, -0.15) is 0 Å². The van der Waals surface area contributed by atoms with Gasteiger partial charge in [0.2, 0.25) is 0 Å². The minimum absolute atomic E-state index is 0.117. The van der Waals surface area contributed by atoms with Crippen molar-refractivity contribution in [3.05, 3.63) is 46.5 Å². The lowest BCUT2D eigenvalue weighted by Gasteiger charge is -2.26. The number of hydrogen-bond acceptors (Lipinski definition) is 6. The second-order valence-electron chi connectivity index (χ2n) is 5.53. The summed E-state index contributed by atoms with van der Waals surface area (Å²) in [5.41, 5.74) is 0.496. The van der Waals surface area contributed by atoms with Gasteiger partial charge in [-0.05, 0) is 32.6 Å². The Morgan fingerprint density at radius 2 is 1.96 bits per heavy atom. The molecule has 128 valence electrons. The average Bonchev–Trinajstić information content (AvgIpc) is 3.00. The second-order valence-corrected chi connectivity index (χ2v) is 7.58. The lowest BCUT2D eigenvalue weighted by Crippen LogP contribution is -2.41. The Balaban J connectivity index is 2.29. The zero-order valence-electron chi connectivity index (χ0n) is 14.1. The first-order valence-electron chi connectivity index (χ1n) is 7.49. The number of aromatic nitrogens is 1. The standard InChI is InChI=1S/C17H20N2O3S2/c1-5-22-15(21)13-12(18-16(23-4)24-13)14(20)19-17(2,3)11-9-7-6-8-10-11/h6-10H,5H2,1-4H3,(H,19,20). The maximum Gasteiger partial charge on any atom is 0.350 e. The summed E-state index contributed by atoms with van der Waals surface area (Å²) in [6.07, 6.45) is 1.85. The largest absolute Gasteiger partial charge is 0.462 e. The summed E-state index contributed by atoms with van der Waals surface area (Å²) < 4.78 is 5.69. The Morgan fingerprint density at radius 3 is 2.54 bits per heavy atom. The monoisotopic (exact) mass is 364 g/mol. The quantitative estimate of drug-likeness (QED) is 0.625. The van der Waals surface area contributed by atoms with Gasteiger partial charge in [0, 0.05) is 0 Å². The molecule has 1 aromatic heterocycles. The topological polar surface area (TPSA) is 68.3 Å². The van der Waals surface area contributed by atoms with Crippen LogP contribution in [0.2, 0.25) is 0 Å². The predicted molar refractivity (Wildman–Crippen MR) is 96.8 cm³/mol. The molecule has 24 heavy (non-hydrogen) atoms. The number of thiazole rings is 1. The van der Waals surface area contributed by atoms with Gasteiger partial charge < -0.3 is 10.1 Å². The molecule has 1 amide bonds. The highest BCUT2D eigenvalue weighted by molar-refractivity contribution is 8.00. The maximum absolute atomic E-state index is 12.7. The summed E-state index contributed by atoms with van der Waals surface area (Å²) >= 11 is 2.56. The summed E-state index contributed by atoms with van der Waals surface area (Å²) in [6, 6.07) is 9.65. The van der Waals surface area contributed by atoms with E-state index in [1.54, 1.807) is 6.92 Å². The number of esters is 1. The van der Waals surface area contributed by atoms with Gasteiger partial charge in [0.05, 0.1) is 12.1 Å². The molecule has 0 spiro atoms. The van der Waals surface area contributed by atoms with Gasteiger partial charge in [-0.15, -0.1) is 0 Å². The van der Waals surface area contributed by atoms with Gasteiger partial charge in [-0.3, -0.25) is 4.79 Å². The van der Waals surface area contributed by atoms with Crippen LogP contribution in [-0.4, -0.2) is 29.7 Å². The molecule has 0 radical (unpaired) electrons. The summed E-state index contributed by atoms with van der Waals surface area (Å²) in [5, 5.41) is 2.95. The van der Waals surface area contributed by atoms with E-state index in [0.29, 0.717) is 4.34 Å². The van der Waals surface area contributed by atoms with Crippen molar-refractivity contribution in [2.24, 2.45) is 0 Å². The van der Waals surface area contributed by atoms with Crippen molar-refractivity contribution in [2.45, 2.75) is 30.6 Å². The first-order valence-corrected chi connectivity index (χ1v) is 9.53. The molecule has 2 aromatic rings. The van der Waals surface area contributed by atoms with E-state index in [1.807, 2.05) is 50.4 Å². The third-order valence-electron chi connectivity index (χ3n) is 3.38. The fourth-order valence-electron chi connectivity index (χ4n) is 2.15. The Bertz CT molecular complexity index is 727. The van der Waals surface area contributed by atoms with E-state index >= 15 is 0 Å². The van der Waals surface area contributed by atoms with Crippen LogP contribution in [0, 0.1) is 0 Å². The molecule has 0 saturated carbocycles. The number of rotatable bonds is 6. The summed E-state index contributed by atoms with van der Waals surface area (Å²) in [7, 11) is 0. The Labute approximate surface area is 149 Å². The molecule has 1 N–H and O–H groups in total. The van der Waals surface area contributed by atoms with E-state index in [4.69, 9.17) is 4.74 Å². The number of benzene rings is 1. The van der Waals surface area contributed by atoms with Crippen LogP contribution in [0.25, 0.3) is 0 Å². The van der Waals surface area contributed by atoms with Crippen LogP contribution in [0.15, 0.2) is 34.7 Å². The molecular formula is C17H20N2O3S2. The Kier molecular flexibility index (Phi) is 6.01. The number of amides is 1. The lowest BCUT2D eigenvalue weighted by molar-refractivity contribution is 0.0527. The molecule has 0 bridgehead atoms. The summed E-state index contributed by atoms with van der Waals surface area (Å²) in [6.45, 7) is 5.80. The maximum atomic E-state index is 12.7. The highest BCUT2D eigenvalue weighted by Gasteiger charge is 2.29. The van der Waals surface area contributed by atoms with Gasteiger partial charge in [0.15, 0.2) is 10.0 Å². The number of carbonyl (C=O) groups excluding carboxylic acids is 2. The molecule has 0 aliphatic heterocycles. The fraction of sp³-hybridized carbons (Fsp3) is 0.353. The highest BCUT2D eigenvalue weighted by atomic mass is 32.2. The molecule has 1 heterocycles. The van der Waals surface area contributed by atoms with E-state index in [2.05, 4.69) is 10.3 Å². The average molecular weight is 364 g/mol. The van der Waals surface area contributed by atoms with E-state index < -0.39 is 11.5 Å². The van der Waals surface area contributed by atoms with Gasteiger partial charge in [-0.1, -0.05) is 53.4 Å². The van der Waals surface area contributed by atoms with Crippen molar-refractivity contribution in [1.82, 2.24) is 10.3 Å². The molecule has 1 aromatic carbocycles. The number of carbonyl (C=O) groups is 2. The third kappa shape index (κ3) is 4.15. The minimum atomic E-state index is -0.590. The first-order chi connectivity index (χ1) is 11.4. The van der Waals surface area contributed by atoms with Crippen LogP contribution < -0.4 is 5.32 Å². The molecule has 7 heteroatoms. The molecule has 2 rings (SSSR count). The minimum Gasteiger partial charge on any atom is -0.462 e. The number of ether oxygens (including phenoxy) is 1. The third-order valence-corrected chi connectivity index (χ3v) is 5.40. The second kappa shape index (κ2) is 7.81. The van der Waals surface area contributed by atoms with E-state index in [1.165, 1.54) is 23.1 Å².